The highest BCUT2D eigenvalue weighted by Crippen LogP contribution is 2.23. The molecule has 0 fully saturated rings. The third-order valence-corrected chi connectivity index (χ3v) is 2.54. The first-order chi connectivity index (χ1) is 8.60. The van der Waals surface area contributed by atoms with Gasteiger partial charge in [0.15, 0.2) is 11.6 Å². The molecule has 0 spiro atoms. The molecule has 1 atom stereocenters. The first-order valence-corrected chi connectivity index (χ1v) is 5.50. The lowest BCUT2D eigenvalue weighted by Crippen LogP contribution is -2.07. The SMILES string of the molecule is COc1ccc([C@H](C)Nc2nnc(C)o2)cc1F. The minimum Gasteiger partial charge on any atom is -0.494 e. The molecule has 6 heteroatoms. The van der Waals surface area contributed by atoms with Crippen molar-refractivity contribution in [2.24, 2.45) is 0 Å². The van der Waals surface area contributed by atoms with Crippen LogP contribution in [0.2, 0.25) is 0 Å². The van der Waals surface area contributed by atoms with E-state index < -0.39 is 5.82 Å². The number of aryl methyl sites for hydroxylation is 1. The van der Waals surface area contributed by atoms with Crippen molar-refractivity contribution >= 4 is 6.01 Å². The summed E-state index contributed by atoms with van der Waals surface area (Å²) in [5, 5.41) is 10.5. The molecule has 1 heterocycles. The van der Waals surface area contributed by atoms with Crippen LogP contribution in [-0.4, -0.2) is 17.3 Å². The summed E-state index contributed by atoms with van der Waals surface area (Å²) in [6, 6.07) is 4.95. The van der Waals surface area contributed by atoms with Crippen LogP contribution in [0, 0.1) is 12.7 Å². The van der Waals surface area contributed by atoms with E-state index in [0.717, 1.165) is 5.56 Å². The number of rotatable bonds is 4. The van der Waals surface area contributed by atoms with E-state index in [-0.39, 0.29) is 11.8 Å². The molecule has 1 aromatic heterocycles. The number of methoxy groups -OCH3 is 1. The standard InChI is InChI=1S/C12H14FN3O2/c1-7(14-12-16-15-8(2)18-12)9-4-5-11(17-3)10(13)6-9/h4-7H,1-3H3,(H,14,16)/t7-/m0/s1. The van der Waals surface area contributed by atoms with Crippen LogP contribution in [0.15, 0.2) is 22.6 Å². The number of aromatic nitrogens is 2. The lowest BCUT2D eigenvalue weighted by molar-refractivity contribution is 0.386. The van der Waals surface area contributed by atoms with Crippen molar-refractivity contribution < 1.29 is 13.5 Å². The molecule has 1 aromatic carbocycles. The first-order valence-electron chi connectivity index (χ1n) is 5.50. The Bertz CT molecular complexity index is 542. The second-order valence-corrected chi connectivity index (χ2v) is 3.89. The van der Waals surface area contributed by atoms with Crippen LogP contribution in [-0.2, 0) is 0 Å². The normalized spacial score (nSPS) is 12.2. The number of anilines is 1. The number of halogens is 1. The zero-order valence-corrected chi connectivity index (χ0v) is 10.4. The van der Waals surface area contributed by atoms with Gasteiger partial charge in [0.25, 0.3) is 0 Å². The fourth-order valence-corrected chi connectivity index (χ4v) is 1.58. The summed E-state index contributed by atoms with van der Waals surface area (Å²) < 4.78 is 23.6. The summed E-state index contributed by atoms with van der Waals surface area (Å²) in [4.78, 5) is 0. The monoisotopic (exact) mass is 251 g/mol. The molecule has 0 radical (unpaired) electrons. The van der Waals surface area contributed by atoms with Gasteiger partial charge in [-0.15, -0.1) is 5.10 Å². The smallest absolute Gasteiger partial charge is 0.315 e. The van der Waals surface area contributed by atoms with Crippen LogP contribution >= 0.6 is 0 Å². The number of hydrogen-bond acceptors (Lipinski definition) is 5. The highest BCUT2D eigenvalue weighted by atomic mass is 19.1. The van der Waals surface area contributed by atoms with E-state index in [9.17, 15) is 4.39 Å². The summed E-state index contributed by atoms with van der Waals surface area (Å²) in [7, 11) is 1.43. The van der Waals surface area contributed by atoms with Crippen molar-refractivity contribution in [2.75, 3.05) is 12.4 Å². The maximum absolute atomic E-state index is 13.5. The quantitative estimate of drug-likeness (QED) is 0.905. The van der Waals surface area contributed by atoms with Gasteiger partial charge in [-0.2, -0.15) is 0 Å². The number of ether oxygens (including phenoxy) is 1. The Morgan fingerprint density at radius 2 is 2.17 bits per heavy atom. The van der Waals surface area contributed by atoms with Gasteiger partial charge in [-0.05, 0) is 24.6 Å². The van der Waals surface area contributed by atoms with Gasteiger partial charge in [-0.3, -0.25) is 0 Å². The van der Waals surface area contributed by atoms with E-state index in [1.807, 2.05) is 6.92 Å². The molecule has 0 saturated heterocycles. The molecule has 0 aliphatic carbocycles. The number of benzene rings is 1. The largest absolute Gasteiger partial charge is 0.494 e. The average molecular weight is 251 g/mol. The molecular formula is C12H14FN3O2. The fraction of sp³-hybridized carbons (Fsp3) is 0.333. The average Bonchev–Trinajstić information content (AvgIpc) is 2.74. The molecule has 2 rings (SSSR count). The molecular weight excluding hydrogens is 237 g/mol. The van der Waals surface area contributed by atoms with Crippen LogP contribution < -0.4 is 10.1 Å². The van der Waals surface area contributed by atoms with Gasteiger partial charge in [0.1, 0.15) is 0 Å². The molecule has 0 bridgehead atoms. The van der Waals surface area contributed by atoms with Crippen molar-refractivity contribution in [3.05, 3.63) is 35.5 Å². The third kappa shape index (κ3) is 2.58. The topological polar surface area (TPSA) is 60.2 Å². The van der Waals surface area contributed by atoms with Gasteiger partial charge in [-0.1, -0.05) is 11.2 Å². The number of nitrogens with one attached hydrogen (secondary N) is 1. The lowest BCUT2D eigenvalue weighted by atomic mass is 10.1. The number of nitrogens with zero attached hydrogens (tertiary/aromatic N) is 2. The van der Waals surface area contributed by atoms with Crippen molar-refractivity contribution in [1.29, 1.82) is 0 Å². The van der Waals surface area contributed by atoms with Gasteiger partial charge in [-0.25, -0.2) is 4.39 Å². The molecule has 0 aliphatic heterocycles. The van der Waals surface area contributed by atoms with E-state index in [4.69, 9.17) is 9.15 Å². The predicted octanol–water partition coefficient (Wildman–Crippen LogP) is 2.70. The zero-order chi connectivity index (χ0) is 13.1. The third-order valence-electron chi connectivity index (χ3n) is 2.54. The summed E-state index contributed by atoms with van der Waals surface area (Å²) in [6.07, 6.45) is 0. The van der Waals surface area contributed by atoms with E-state index >= 15 is 0 Å². The number of hydrogen-bond donors (Lipinski definition) is 1. The zero-order valence-electron chi connectivity index (χ0n) is 10.4. The van der Waals surface area contributed by atoms with Gasteiger partial charge >= 0.3 is 6.01 Å². The van der Waals surface area contributed by atoms with E-state index in [1.54, 1.807) is 19.1 Å². The summed E-state index contributed by atoms with van der Waals surface area (Å²) in [6.45, 7) is 3.58. The second-order valence-electron chi connectivity index (χ2n) is 3.89. The van der Waals surface area contributed by atoms with Gasteiger partial charge < -0.3 is 14.5 Å². The summed E-state index contributed by atoms with van der Waals surface area (Å²) in [5.41, 5.74) is 0.768. The Kier molecular flexibility index (Phi) is 3.45. The van der Waals surface area contributed by atoms with Gasteiger partial charge in [0.05, 0.1) is 13.2 Å². The highest BCUT2D eigenvalue weighted by Gasteiger charge is 2.12. The minimum absolute atomic E-state index is 0.148. The molecule has 0 unspecified atom stereocenters. The highest BCUT2D eigenvalue weighted by molar-refractivity contribution is 5.34. The Morgan fingerprint density at radius 3 is 2.72 bits per heavy atom. The Labute approximate surface area is 104 Å². The maximum Gasteiger partial charge on any atom is 0.315 e. The fourth-order valence-electron chi connectivity index (χ4n) is 1.58. The van der Waals surface area contributed by atoms with Crippen LogP contribution in [0.3, 0.4) is 0 Å². The first kappa shape index (κ1) is 12.3. The van der Waals surface area contributed by atoms with Crippen LogP contribution in [0.5, 0.6) is 5.75 Å². The Morgan fingerprint density at radius 1 is 1.39 bits per heavy atom. The molecule has 18 heavy (non-hydrogen) atoms. The summed E-state index contributed by atoms with van der Waals surface area (Å²) in [5.74, 6) is 0.301. The van der Waals surface area contributed by atoms with Gasteiger partial charge in [0.2, 0.25) is 5.89 Å². The van der Waals surface area contributed by atoms with Crippen molar-refractivity contribution in [1.82, 2.24) is 10.2 Å². The van der Waals surface area contributed by atoms with E-state index in [1.165, 1.54) is 13.2 Å². The molecule has 1 N–H and O–H groups in total. The predicted molar refractivity (Wildman–Crippen MR) is 64.0 cm³/mol. The van der Waals surface area contributed by atoms with E-state index in [2.05, 4.69) is 15.5 Å². The Hall–Kier alpha value is -2.11. The molecule has 0 amide bonds. The Balaban J connectivity index is 2.13. The molecule has 0 saturated carbocycles. The maximum atomic E-state index is 13.5. The lowest BCUT2D eigenvalue weighted by Gasteiger charge is -2.13. The van der Waals surface area contributed by atoms with Crippen LogP contribution in [0.1, 0.15) is 24.4 Å². The van der Waals surface area contributed by atoms with Crippen molar-refractivity contribution in [3.8, 4) is 5.75 Å². The van der Waals surface area contributed by atoms with Crippen LogP contribution in [0.4, 0.5) is 10.4 Å². The molecule has 0 aliphatic rings. The minimum atomic E-state index is -0.398. The molecule has 5 nitrogen and oxygen atoms in total. The van der Waals surface area contributed by atoms with Crippen LogP contribution in [0.25, 0.3) is 0 Å². The molecule has 96 valence electrons. The van der Waals surface area contributed by atoms with E-state index in [0.29, 0.717) is 11.9 Å². The summed E-state index contributed by atoms with van der Waals surface area (Å²) >= 11 is 0. The van der Waals surface area contributed by atoms with Crippen molar-refractivity contribution in [2.45, 2.75) is 19.9 Å². The van der Waals surface area contributed by atoms with Crippen molar-refractivity contribution in [3.63, 3.8) is 0 Å². The van der Waals surface area contributed by atoms with Gasteiger partial charge in [0, 0.05) is 6.92 Å². The molecule has 2 aromatic rings. The second kappa shape index (κ2) is 5.03.